The van der Waals surface area contributed by atoms with Crippen LogP contribution in [0.15, 0.2) is 35.7 Å². The first-order chi connectivity index (χ1) is 15.4. The molecule has 0 aliphatic heterocycles. The minimum Gasteiger partial charge on any atom is -0.390 e. The molecule has 1 aromatic heterocycles. The number of hydrogen-bond donors (Lipinski definition) is 5. The summed E-state index contributed by atoms with van der Waals surface area (Å²) < 4.78 is 24.9. The maximum absolute atomic E-state index is 12.7. The van der Waals surface area contributed by atoms with Crippen molar-refractivity contribution >= 4 is 38.3 Å². The molecule has 2 aromatic rings. The summed E-state index contributed by atoms with van der Waals surface area (Å²) >= 11 is 0.940. The molecule has 1 aromatic carbocycles. The zero-order valence-corrected chi connectivity index (χ0v) is 20.3. The smallest absolute Gasteiger partial charge is 0.271 e. The average Bonchev–Trinajstić information content (AvgIpc) is 3.18. The van der Waals surface area contributed by atoms with E-state index < -0.39 is 40.1 Å². The second-order valence-electron chi connectivity index (χ2n) is 8.14. The lowest BCUT2D eigenvalue weighted by molar-refractivity contribution is -0.125. The molecule has 10 nitrogen and oxygen atoms in total. The predicted octanol–water partition coefficient (Wildman–Crippen LogP) is 0.740. The Morgan fingerprint density at radius 3 is 2.42 bits per heavy atom. The molecular weight excluding hydrogens is 468 g/mol. The SMILES string of the molecule is CC(C)CNC(=O)C[C@@H](O)C(O)C(Cc1ccccc1)NC(=O)c1csc(NS(C)(=O)=O)n1. The number of nitrogens with zero attached hydrogens (tertiary/aromatic N) is 1. The molecule has 33 heavy (non-hydrogen) atoms. The summed E-state index contributed by atoms with van der Waals surface area (Å²) in [5.74, 6) is -0.818. The van der Waals surface area contributed by atoms with Crippen LogP contribution in [0.5, 0.6) is 0 Å². The van der Waals surface area contributed by atoms with Gasteiger partial charge < -0.3 is 20.8 Å². The molecule has 0 spiro atoms. The highest BCUT2D eigenvalue weighted by molar-refractivity contribution is 7.92. The number of aliphatic hydroxyl groups excluding tert-OH is 2. The summed E-state index contributed by atoms with van der Waals surface area (Å²) in [6.45, 7) is 4.32. The van der Waals surface area contributed by atoms with Crippen LogP contribution in [0.4, 0.5) is 5.13 Å². The van der Waals surface area contributed by atoms with Gasteiger partial charge in [0.25, 0.3) is 5.91 Å². The molecular formula is C21H30N4O6S2. The number of nitrogens with one attached hydrogen (secondary N) is 3. The summed E-state index contributed by atoms with van der Waals surface area (Å²) in [4.78, 5) is 28.8. The normalized spacial score (nSPS) is 14.4. The highest BCUT2D eigenvalue weighted by Crippen LogP contribution is 2.18. The highest BCUT2D eigenvalue weighted by Gasteiger charge is 2.30. The van der Waals surface area contributed by atoms with E-state index in [9.17, 15) is 28.2 Å². The number of thiazole rings is 1. The summed E-state index contributed by atoms with van der Waals surface area (Å²) in [6.07, 6.45) is -2.01. The molecule has 182 valence electrons. The van der Waals surface area contributed by atoms with Crippen molar-refractivity contribution in [2.24, 2.45) is 5.92 Å². The first kappa shape index (κ1) is 26.7. The maximum Gasteiger partial charge on any atom is 0.271 e. The largest absolute Gasteiger partial charge is 0.390 e. The second kappa shape index (κ2) is 12.1. The molecule has 5 N–H and O–H groups in total. The lowest BCUT2D eigenvalue weighted by Gasteiger charge is -2.27. The van der Waals surface area contributed by atoms with Crippen LogP contribution in [0, 0.1) is 5.92 Å². The Bertz CT molecular complexity index is 1030. The van der Waals surface area contributed by atoms with Crippen LogP contribution in [0.3, 0.4) is 0 Å². The van der Waals surface area contributed by atoms with Gasteiger partial charge in [0.2, 0.25) is 15.9 Å². The molecule has 0 aliphatic carbocycles. The number of carbonyl (C=O) groups is 2. The average molecular weight is 499 g/mol. The number of anilines is 1. The summed E-state index contributed by atoms with van der Waals surface area (Å²) in [7, 11) is -3.54. The predicted molar refractivity (Wildman–Crippen MR) is 126 cm³/mol. The molecule has 0 radical (unpaired) electrons. The molecule has 12 heteroatoms. The van der Waals surface area contributed by atoms with E-state index >= 15 is 0 Å². The summed E-state index contributed by atoms with van der Waals surface area (Å²) in [5, 5.41) is 28.0. The van der Waals surface area contributed by atoms with Crippen LogP contribution in [0.25, 0.3) is 0 Å². The number of aromatic nitrogens is 1. The lowest BCUT2D eigenvalue weighted by Crippen LogP contribution is -2.51. The van der Waals surface area contributed by atoms with Gasteiger partial charge in [-0.2, -0.15) is 0 Å². The Morgan fingerprint density at radius 2 is 1.82 bits per heavy atom. The van der Waals surface area contributed by atoms with Crippen molar-refractivity contribution in [2.45, 2.75) is 44.9 Å². The minimum absolute atomic E-state index is 0.0321. The maximum atomic E-state index is 12.7. The fourth-order valence-electron chi connectivity index (χ4n) is 2.92. The van der Waals surface area contributed by atoms with Gasteiger partial charge in [0.1, 0.15) is 11.8 Å². The topological polar surface area (TPSA) is 158 Å². The number of aliphatic hydroxyl groups is 2. The molecule has 0 aliphatic rings. The zero-order valence-electron chi connectivity index (χ0n) is 18.7. The van der Waals surface area contributed by atoms with E-state index in [1.54, 1.807) is 12.1 Å². The molecule has 3 atom stereocenters. The molecule has 2 unspecified atom stereocenters. The fourth-order valence-corrected chi connectivity index (χ4v) is 4.46. The molecule has 0 bridgehead atoms. The molecule has 0 saturated carbocycles. The zero-order chi connectivity index (χ0) is 24.6. The van der Waals surface area contributed by atoms with Gasteiger partial charge in [-0.15, -0.1) is 11.3 Å². The lowest BCUT2D eigenvalue weighted by atomic mass is 9.96. The van der Waals surface area contributed by atoms with Gasteiger partial charge in [0, 0.05) is 11.9 Å². The molecule has 2 amide bonds. The van der Waals surface area contributed by atoms with E-state index in [0.717, 1.165) is 23.2 Å². The van der Waals surface area contributed by atoms with Crippen molar-refractivity contribution in [1.29, 1.82) is 0 Å². The van der Waals surface area contributed by atoms with Gasteiger partial charge in [0.05, 0.1) is 24.8 Å². The first-order valence-corrected chi connectivity index (χ1v) is 13.1. The van der Waals surface area contributed by atoms with E-state index in [2.05, 4.69) is 20.3 Å². The third kappa shape index (κ3) is 9.46. The summed E-state index contributed by atoms with van der Waals surface area (Å²) in [6, 6.07) is 8.13. The van der Waals surface area contributed by atoms with Gasteiger partial charge in [-0.1, -0.05) is 44.2 Å². The number of amides is 2. The van der Waals surface area contributed by atoms with Crippen molar-refractivity contribution in [3.8, 4) is 0 Å². The van der Waals surface area contributed by atoms with Crippen molar-refractivity contribution in [3.05, 3.63) is 47.0 Å². The molecule has 0 saturated heterocycles. The Balaban J connectivity index is 2.12. The van der Waals surface area contributed by atoms with E-state index in [1.807, 2.05) is 32.0 Å². The van der Waals surface area contributed by atoms with Crippen LogP contribution >= 0.6 is 11.3 Å². The third-order valence-corrected chi connectivity index (χ3v) is 5.98. The fraction of sp³-hybridized carbons (Fsp3) is 0.476. The standard InChI is InChI=1S/C21H30N4O6S2/c1-13(2)11-22-18(27)10-17(26)19(28)15(9-14-7-5-4-6-8-14)23-20(29)16-12-32-21(24-16)25-33(3,30)31/h4-8,12-13,15,17,19,26,28H,9-11H2,1-3H3,(H,22,27)(H,23,29)(H,24,25)/t15?,17-,19?/m1/s1. The van der Waals surface area contributed by atoms with E-state index in [-0.39, 0.29) is 29.6 Å². The van der Waals surface area contributed by atoms with Crippen LogP contribution < -0.4 is 15.4 Å². The minimum atomic E-state index is -3.54. The summed E-state index contributed by atoms with van der Waals surface area (Å²) in [5.41, 5.74) is 0.761. The van der Waals surface area contributed by atoms with Crippen LogP contribution in [0.2, 0.25) is 0 Å². The first-order valence-electron chi connectivity index (χ1n) is 10.4. The third-order valence-electron chi connectivity index (χ3n) is 4.53. The van der Waals surface area contributed by atoms with Crippen molar-refractivity contribution < 1.29 is 28.2 Å². The van der Waals surface area contributed by atoms with Crippen molar-refractivity contribution in [3.63, 3.8) is 0 Å². The van der Waals surface area contributed by atoms with Gasteiger partial charge in [-0.25, -0.2) is 13.4 Å². The molecule has 2 rings (SSSR count). The molecule has 0 fully saturated rings. The van der Waals surface area contributed by atoms with Crippen molar-refractivity contribution in [1.82, 2.24) is 15.6 Å². The number of sulfonamides is 1. The quantitative estimate of drug-likeness (QED) is 0.289. The molecule has 1 heterocycles. The Hall–Kier alpha value is -2.54. The number of carbonyl (C=O) groups excluding carboxylic acids is 2. The Labute approximate surface area is 197 Å². The Morgan fingerprint density at radius 1 is 1.15 bits per heavy atom. The second-order valence-corrected chi connectivity index (χ2v) is 10.7. The monoisotopic (exact) mass is 498 g/mol. The van der Waals surface area contributed by atoms with E-state index in [0.29, 0.717) is 6.54 Å². The Kier molecular flexibility index (Phi) is 9.77. The van der Waals surface area contributed by atoms with Crippen molar-refractivity contribution in [2.75, 3.05) is 17.5 Å². The van der Waals surface area contributed by atoms with Crippen LogP contribution in [-0.2, 0) is 21.2 Å². The van der Waals surface area contributed by atoms with E-state index in [4.69, 9.17) is 0 Å². The van der Waals surface area contributed by atoms with E-state index in [1.165, 1.54) is 5.38 Å². The van der Waals surface area contributed by atoms with Gasteiger partial charge in [-0.05, 0) is 17.9 Å². The number of rotatable bonds is 12. The van der Waals surface area contributed by atoms with Crippen LogP contribution in [-0.4, -0.2) is 66.5 Å². The van der Waals surface area contributed by atoms with Crippen LogP contribution in [0.1, 0.15) is 36.3 Å². The highest BCUT2D eigenvalue weighted by atomic mass is 32.2. The van der Waals surface area contributed by atoms with Gasteiger partial charge in [0.15, 0.2) is 5.13 Å². The number of benzene rings is 1. The number of hydrogen-bond acceptors (Lipinski definition) is 8. The van der Waals surface area contributed by atoms with Gasteiger partial charge in [-0.3, -0.25) is 14.3 Å². The van der Waals surface area contributed by atoms with Gasteiger partial charge >= 0.3 is 0 Å².